The minimum Gasteiger partial charge on any atom is -0.406 e. The molecular weight excluding hydrogens is 348 g/mol. The van der Waals surface area contributed by atoms with Gasteiger partial charge in [0.15, 0.2) is 11.2 Å². The SMILES string of the molecule is Cc1ccc(CN2CCC(NC(=O)c3ccc4oc(=O)[nH]c4n3)C2=O)cc1. The van der Waals surface area contributed by atoms with E-state index < -0.39 is 17.7 Å². The molecule has 0 saturated carbocycles. The number of oxazole rings is 1. The number of amides is 2. The molecule has 8 nitrogen and oxygen atoms in total. The van der Waals surface area contributed by atoms with Crippen LogP contribution in [0.2, 0.25) is 0 Å². The fraction of sp³-hybridized carbons (Fsp3) is 0.263. The van der Waals surface area contributed by atoms with Crippen LogP contribution < -0.4 is 11.1 Å². The minimum atomic E-state index is -0.632. The van der Waals surface area contributed by atoms with E-state index >= 15 is 0 Å². The quantitative estimate of drug-likeness (QED) is 0.725. The van der Waals surface area contributed by atoms with Crippen LogP contribution in [0.3, 0.4) is 0 Å². The molecule has 1 aliphatic heterocycles. The lowest BCUT2D eigenvalue weighted by molar-refractivity contribution is -0.129. The summed E-state index contributed by atoms with van der Waals surface area (Å²) in [6.45, 7) is 3.12. The highest BCUT2D eigenvalue weighted by Crippen LogP contribution is 2.16. The second-order valence-corrected chi connectivity index (χ2v) is 6.62. The second kappa shape index (κ2) is 6.71. The summed E-state index contributed by atoms with van der Waals surface area (Å²) in [4.78, 5) is 44.4. The number of carbonyl (C=O) groups excluding carboxylic acids is 2. The summed E-state index contributed by atoms with van der Waals surface area (Å²) in [7, 11) is 0. The lowest BCUT2D eigenvalue weighted by Gasteiger charge is -2.17. The highest BCUT2D eigenvalue weighted by molar-refractivity contribution is 5.97. The molecule has 27 heavy (non-hydrogen) atoms. The van der Waals surface area contributed by atoms with E-state index in [1.165, 1.54) is 17.7 Å². The van der Waals surface area contributed by atoms with Crippen LogP contribution in [0, 0.1) is 6.92 Å². The fourth-order valence-electron chi connectivity index (χ4n) is 3.14. The number of H-pyrrole nitrogens is 1. The molecule has 1 aromatic carbocycles. The van der Waals surface area contributed by atoms with Crippen LogP contribution in [0.5, 0.6) is 0 Å². The maximum atomic E-state index is 12.6. The number of aryl methyl sites for hydroxylation is 1. The summed E-state index contributed by atoms with van der Waals surface area (Å²) in [6, 6.07) is 10.4. The Morgan fingerprint density at radius 2 is 2.04 bits per heavy atom. The molecule has 0 spiro atoms. The van der Waals surface area contributed by atoms with Gasteiger partial charge in [0.1, 0.15) is 11.7 Å². The number of pyridine rings is 1. The normalized spacial score (nSPS) is 16.9. The Balaban J connectivity index is 1.42. The number of fused-ring (bicyclic) bond motifs is 1. The fourth-order valence-corrected chi connectivity index (χ4v) is 3.14. The molecule has 2 aromatic heterocycles. The monoisotopic (exact) mass is 366 g/mol. The van der Waals surface area contributed by atoms with Crippen LogP contribution in [-0.2, 0) is 11.3 Å². The van der Waals surface area contributed by atoms with Gasteiger partial charge in [-0.25, -0.2) is 9.78 Å². The van der Waals surface area contributed by atoms with Crippen LogP contribution >= 0.6 is 0 Å². The molecule has 0 radical (unpaired) electrons. The van der Waals surface area contributed by atoms with Crippen molar-refractivity contribution in [3.63, 3.8) is 0 Å². The smallest absolute Gasteiger partial charge is 0.406 e. The molecular formula is C19H18N4O4. The Hall–Kier alpha value is -3.42. The number of hydrogen-bond acceptors (Lipinski definition) is 5. The van der Waals surface area contributed by atoms with Gasteiger partial charge in [-0.1, -0.05) is 29.8 Å². The Kier molecular flexibility index (Phi) is 4.23. The van der Waals surface area contributed by atoms with E-state index in [1.807, 2.05) is 31.2 Å². The van der Waals surface area contributed by atoms with E-state index in [9.17, 15) is 14.4 Å². The maximum absolute atomic E-state index is 12.6. The molecule has 1 atom stereocenters. The standard InChI is InChI=1S/C19H18N4O4/c1-11-2-4-12(5-3-11)10-23-9-8-14(18(23)25)21-17(24)13-6-7-15-16(20-13)22-19(26)27-15/h2-7,14H,8-10H2,1H3,(H,21,24)(H,20,22,26). The third kappa shape index (κ3) is 3.46. The first kappa shape index (κ1) is 17.0. The molecule has 2 amide bonds. The molecule has 3 aromatic rings. The van der Waals surface area contributed by atoms with Gasteiger partial charge in [0.05, 0.1) is 0 Å². The Labute approximate surface area is 154 Å². The number of hydrogen-bond donors (Lipinski definition) is 2. The number of aromatic nitrogens is 2. The molecule has 138 valence electrons. The molecule has 8 heteroatoms. The van der Waals surface area contributed by atoms with Gasteiger partial charge in [0.25, 0.3) is 5.91 Å². The van der Waals surface area contributed by atoms with Gasteiger partial charge in [0, 0.05) is 13.1 Å². The summed E-state index contributed by atoms with van der Waals surface area (Å²) >= 11 is 0. The van der Waals surface area contributed by atoms with E-state index in [1.54, 1.807) is 4.90 Å². The van der Waals surface area contributed by atoms with Gasteiger partial charge in [-0.2, -0.15) is 0 Å². The van der Waals surface area contributed by atoms with Gasteiger partial charge in [-0.05, 0) is 31.0 Å². The van der Waals surface area contributed by atoms with Gasteiger partial charge < -0.3 is 14.6 Å². The van der Waals surface area contributed by atoms with E-state index in [0.717, 1.165) is 5.56 Å². The zero-order chi connectivity index (χ0) is 19.0. The minimum absolute atomic E-state index is 0.110. The van der Waals surface area contributed by atoms with Crippen molar-refractivity contribution in [3.05, 3.63) is 63.8 Å². The molecule has 1 unspecified atom stereocenters. The highest BCUT2D eigenvalue weighted by Gasteiger charge is 2.33. The number of carbonyl (C=O) groups is 2. The third-order valence-corrected chi connectivity index (χ3v) is 4.61. The van der Waals surface area contributed by atoms with Gasteiger partial charge in [-0.15, -0.1) is 0 Å². The van der Waals surface area contributed by atoms with Crippen molar-refractivity contribution < 1.29 is 14.0 Å². The molecule has 2 N–H and O–H groups in total. The molecule has 0 aliphatic carbocycles. The van der Waals surface area contributed by atoms with Crippen LogP contribution in [0.4, 0.5) is 0 Å². The number of nitrogens with one attached hydrogen (secondary N) is 2. The van der Waals surface area contributed by atoms with Crippen molar-refractivity contribution in [2.45, 2.75) is 25.9 Å². The summed E-state index contributed by atoms with van der Waals surface area (Å²) in [6.07, 6.45) is 0.543. The predicted octanol–water partition coefficient (Wildman–Crippen LogP) is 1.36. The van der Waals surface area contributed by atoms with Gasteiger partial charge in [0.2, 0.25) is 5.91 Å². The van der Waals surface area contributed by atoms with E-state index in [4.69, 9.17) is 4.42 Å². The predicted molar refractivity (Wildman–Crippen MR) is 97.1 cm³/mol. The van der Waals surface area contributed by atoms with Crippen molar-refractivity contribution in [1.82, 2.24) is 20.2 Å². The molecule has 0 bridgehead atoms. The maximum Gasteiger partial charge on any atom is 0.418 e. The average molecular weight is 366 g/mol. The Morgan fingerprint density at radius 3 is 2.81 bits per heavy atom. The summed E-state index contributed by atoms with van der Waals surface area (Å²) in [5.41, 5.74) is 2.81. The topological polar surface area (TPSA) is 108 Å². The summed E-state index contributed by atoms with van der Waals surface area (Å²) in [5, 5.41) is 2.73. The van der Waals surface area contributed by atoms with Crippen molar-refractivity contribution in [1.29, 1.82) is 0 Å². The molecule has 1 aliphatic rings. The molecule has 3 heterocycles. The second-order valence-electron chi connectivity index (χ2n) is 6.62. The van der Waals surface area contributed by atoms with Gasteiger partial charge in [-0.3, -0.25) is 14.6 Å². The van der Waals surface area contributed by atoms with E-state index in [2.05, 4.69) is 15.3 Å². The number of nitrogens with zero attached hydrogens (tertiary/aromatic N) is 2. The first-order valence-electron chi connectivity index (χ1n) is 8.65. The number of rotatable bonds is 4. The van der Waals surface area contributed by atoms with Crippen LogP contribution in [0.25, 0.3) is 11.2 Å². The first-order chi connectivity index (χ1) is 13.0. The summed E-state index contributed by atoms with van der Waals surface area (Å²) in [5.74, 6) is -1.20. The van der Waals surface area contributed by atoms with Crippen molar-refractivity contribution in [2.24, 2.45) is 0 Å². The molecule has 1 saturated heterocycles. The van der Waals surface area contributed by atoms with Gasteiger partial charge >= 0.3 is 5.76 Å². The zero-order valence-electron chi connectivity index (χ0n) is 14.7. The van der Waals surface area contributed by atoms with Crippen LogP contribution in [0.1, 0.15) is 28.0 Å². The van der Waals surface area contributed by atoms with Crippen molar-refractivity contribution >= 4 is 23.0 Å². The summed E-state index contributed by atoms with van der Waals surface area (Å²) < 4.78 is 4.87. The average Bonchev–Trinajstić information content (AvgIpc) is 3.19. The van der Waals surface area contributed by atoms with Crippen LogP contribution in [-0.4, -0.2) is 39.3 Å². The first-order valence-corrected chi connectivity index (χ1v) is 8.65. The molecule has 1 fully saturated rings. The van der Waals surface area contributed by atoms with Crippen molar-refractivity contribution in [2.75, 3.05) is 6.54 Å². The van der Waals surface area contributed by atoms with E-state index in [0.29, 0.717) is 19.5 Å². The Morgan fingerprint density at radius 1 is 1.26 bits per heavy atom. The van der Waals surface area contributed by atoms with Crippen molar-refractivity contribution in [3.8, 4) is 0 Å². The molecule has 4 rings (SSSR count). The van der Waals surface area contributed by atoms with E-state index in [-0.39, 0.29) is 22.8 Å². The lowest BCUT2D eigenvalue weighted by atomic mass is 10.1. The largest absolute Gasteiger partial charge is 0.418 e. The van der Waals surface area contributed by atoms with Crippen LogP contribution in [0.15, 0.2) is 45.6 Å². The number of likely N-dealkylation sites (tertiary alicyclic amines) is 1. The lowest BCUT2D eigenvalue weighted by Crippen LogP contribution is -2.41. The number of aromatic amines is 1. The zero-order valence-corrected chi connectivity index (χ0v) is 14.7. The highest BCUT2D eigenvalue weighted by atomic mass is 16.4. The Bertz CT molecular complexity index is 1070. The third-order valence-electron chi connectivity index (χ3n) is 4.61. The number of benzene rings is 1.